The molecule has 2 amide bonds. The fraction of sp³-hybridized carbons (Fsp3) is 0.292. The van der Waals surface area contributed by atoms with E-state index in [0.29, 0.717) is 26.2 Å². The standard InChI is InChI=1S/C24H25N3O3S/c1-30-11-10-27-15-20(13-22(27)28)23(29)25-14-17-6-5-9-19(12-17)24-26-21(16-31-24)18-7-3-2-4-8-18/h2-9,12,16,20H,10-11,13-15H2,1H3,(H,25,29). The minimum atomic E-state index is -0.306. The van der Waals surface area contributed by atoms with E-state index in [4.69, 9.17) is 9.72 Å². The minimum Gasteiger partial charge on any atom is -0.383 e. The van der Waals surface area contributed by atoms with Crippen LogP contribution in [0.3, 0.4) is 0 Å². The van der Waals surface area contributed by atoms with Gasteiger partial charge in [0.1, 0.15) is 5.01 Å². The molecule has 3 aromatic rings. The maximum Gasteiger partial charge on any atom is 0.225 e. The molecule has 1 aromatic heterocycles. The molecular weight excluding hydrogens is 410 g/mol. The summed E-state index contributed by atoms with van der Waals surface area (Å²) in [5, 5.41) is 5.99. The van der Waals surface area contributed by atoms with E-state index in [-0.39, 0.29) is 24.2 Å². The van der Waals surface area contributed by atoms with Crippen LogP contribution in [0.2, 0.25) is 0 Å². The monoisotopic (exact) mass is 435 g/mol. The highest BCUT2D eigenvalue weighted by molar-refractivity contribution is 7.13. The zero-order valence-electron chi connectivity index (χ0n) is 17.4. The number of nitrogens with zero attached hydrogens (tertiary/aromatic N) is 2. The van der Waals surface area contributed by atoms with E-state index in [2.05, 4.69) is 28.9 Å². The number of hydrogen-bond acceptors (Lipinski definition) is 5. The molecule has 2 heterocycles. The number of nitrogens with one attached hydrogen (secondary N) is 1. The van der Waals surface area contributed by atoms with Gasteiger partial charge in [0.25, 0.3) is 0 Å². The molecular formula is C24H25N3O3S. The lowest BCUT2D eigenvalue weighted by atomic mass is 10.1. The Hall–Kier alpha value is -3.03. The normalized spacial score (nSPS) is 16.0. The third-order valence-corrected chi connectivity index (χ3v) is 6.26. The van der Waals surface area contributed by atoms with Crippen molar-refractivity contribution in [2.45, 2.75) is 13.0 Å². The minimum absolute atomic E-state index is 0.0113. The zero-order chi connectivity index (χ0) is 21.6. The van der Waals surface area contributed by atoms with Gasteiger partial charge in [-0.1, -0.05) is 48.5 Å². The summed E-state index contributed by atoms with van der Waals surface area (Å²) in [5.74, 6) is -0.378. The highest BCUT2D eigenvalue weighted by Gasteiger charge is 2.33. The third kappa shape index (κ3) is 5.18. The van der Waals surface area contributed by atoms with Gasteiger partial charge in [0.05, 0.1) is 18.2 Å². The zero-order valence-corrected chi connectivity index (χ0v) is 18.2. The second-order valence-corrected chi connectivity index (χ2v) is 8.41. The van der Waals surface area contributed by atoms with E-state index in [1.165, 1.54) is 0 Å². The second-order valence-electron chi connectivity index (χ2n) is 7.56. The molecule has 6 nitrogen and oxygen atoms in total. The van der Waals surface area contributed by atoms with Crippen molar-refractivity contribution in [1.82, 2.24) is 15.2 Å². The van der Waals surface area contributed by atoms with Crippen molar-refractivity contribution < 1.29 is 14.3 Å². The van der Waals surface area contributed by atoms with Crippen LogP contribution in [0.5, 0.6) is 0 Å². The van der Waals surface area contributed by atoms with Crippen LogP contribution in [0.4, 0.5) is 0 Å². The molecule has 2 aromatic carbocycles. The molecule has 4 rings (SSSR count). The van der Waals surface area contributed by atoms with Gasteiger partial charge in [-0.25, -0.2) is 4.98 Å². The first-order valence-corrected chi connectivity index (χ1v) is 11.2. The lowest BCUT2D eigenvalue weighted by molar-refractivity contribution is -0.129. The number of carbonyl (C=O) groups excluding carboxylic acids is 2. The van der Waals surface area contributed by atoms with Gasteiger partial charge in [0.2, 0.25) is 11.8 Å². The summed E-state index contributed by atoms with van der Waals surface area (Å²) >= 11 is 1.61. The number of amides is 2. The lowest BCUT2D eigenvalue weighted by Gasteiger charge is -2.15. The Morgan fingerprint density at radius 3 is 2.81 bits per heavy atom. The molecule has 7 heteroatoms. The smallest absolute Gasteiger partial charge is 0.225 e. The maximum atomic E-state index is 12.6. The van der Waals surface area contributed by atoms with E-state index in [1.54, 1.807) is 23.3 Å². The highest BCUT2D eigenvalue weighted by Crippen LogP contribution is 2.29. The summed E-state index contributed by atoms with van der Waals surface area (Å²) < 4.78 is 5.03. The fourth-order valence-electron chi connectivity index (χ4n) is 3.66. The highest BCUT2D eigenvalue weighted by atomic mass is 32.1. The summed E-state index contributed by atoms with van der Waals surface area (Å²) in [5.41, 5.74) is 4.09. The van der Waals surface area contributed by atoms with Crippen molar-refractivity contribution in [1.29, 1.82) is 0 Å². The van der Waals surface area contributed by atoms with E-state index < -0.39 is 0 Å². The molecule has 0 saturated carbocycles. The number of hydrogen-bond donors (Lipinski definition) is 1. The number of methoxy groups -OCH3 is 1. The van der Waals surface area contributed by atoms with Gasteiger partial charge >= 0.3 is 0 Å². The quantitative estimate of drug-likeness (QED) is 0.587. The van der Waals surface area contributed by atoms with Crippen molar-refractivity contribution in [2.75, 3.05) is 26.8 Å². The van der Waals surface area contributed by atoms with E-state index in [9.17, 15) is 9.59 Å². The molecule has 1 fully saturated rings. The van der Waals surface area contributed by atoms with Gasteiger partial charge in [0, 0.05) is 49.7 Å². The SMILES string of the molecule is COCCN1CC(C(=O)NCc2cccc(-c3nc(-c4ccccc4)cs3)c2)CC1=O. The van der Waals surface area contributed by atoms with E-state index >= 15 is 0 Å². The molecule has 1 aliphatic heterocycles. The first-order chi connectivity index (χ1) is 15.1. The molecule has 1 atom stereocenters. The average molecular weight is 436 g/mol. The predicted octanol–water partition coefficient (Wildman–Crippen LogP) is 3.59. The number of carbonyl (C=O) groups is 2. The van der Waals surface area contributed by atoms with Crippen molar-refractivity contribution in [3.8, 4) is 21.8 Å². The van der Waals surface area contributed by atoms with Crippen LogP contribution < -0.4 is 5.32 Å². The van der Waals surface area contributed by atoms with Crippen molar-refractivity contribution >= 4 is 23.2 Å². The van der Waals surface area contributed by atoms with Gasteiger partial charge in [0.15, 0.2) is 0 Å². The molecule has 160 valence electrons. The average Bonchev–Trinajstić information content (AvgIpc) is 3.44. The Bertz CT molecular complexity index is 1050. The van der Waals surface area contributed by atoms with Crippen LogP contribution in [0.15, 0.2) is 60.0 Å². The van der Waals surface area contributed by atoms with Gasteiger partial charge in [-0.05, 0) is 11.6 Å². The Morgan fingerprint density at radius 2 is 2.00 bits per heavy atom. The van der Waals surface area contributed by atoms with Gasteiger partial charge in [-0.15, -0.1) is 11.3 Å². The Labute approximate surface area is 185 Å². The van der Waals surface area contributed by atoms with E-state index in [0.717, 1.165) is 27.4 Å². The lowest BCUT2D eigenvalue weighted by Crippen LogP contribution is -2.33. The summed E-state index contributed by atoms with van der Waals surface area (Å²) in [6.45, 7) is 1.89. The van der Waals surface area contributed by atoms with Crippen LogP contribution >= 0.6 is 11.3 Å². The number of thiazole rings is 1. The molecule has 0 bridgehead atoms. The number of ether oxygens (including phenoxy) is 1. The molecule has 0 spiro atoms. The van der Waals surface area contributed by atoms with Crippen molar-refractivity contribution in [2.24, 2.45) is 5.92 Å². The molecule has 0 aliphatic carbocycles. The molecule has 31 heavy (non-hydrogen) atoms. The van der Waals surface area contributed by atoms with Gasteiger partial charge < -0.3 is 15.0 Å². The molecule has 0 radical (unpaired) electrons. The van der Waals surface area contributed by atoms with Crippen LogP contribution in [-0.4, -0.2) is 48.5 Å². The largest absolute Gasteiger partial charge is 0.383 e. The molecule has 1 saturated heterocycles. The number of rotatable bonds is 8. The van der Waals surface area contributed by atoms with Crippen LogP contribution in [0, 0.1) is 5.92 Å². The van der Waals surface area contributed by atoms with Crippen molar-refractivity contribution in [3.05, 3.63) is 65.5 Å². The fourth-order valence-corrected chi connectivity index (χ4v) is 4.49. The Balaban J connectivity index is 1.37. The summed E-state index contributed by atoms with van der Waals surface area (Å²) in [7, 11) is 1.60. The third-order valence-electron chi connectivity index (χ3n) is 5.37. The molecule has 1 unspecified atom stereocenters. The molecule has 1 N–H and O–H groups in total. The predicted molar refractivity (Wildman–Crippen MR) is 121 cm³/mol. The maximum absolute atomic E-state index is 12.6. The summed E-state index contributed by atoms with van der Waals surface area (Å²) in [6.07, 6.45) is 0.261. The topological polar surface area (TPSA) is 71.5 Å². The first-order valence-electron chi connectivity index (χ1n) is 10.3. The van der Waals surface area contributed by atoms with Crippen LogP contribution in [-0.2, 0) is 20.9 Å². The Kier molecular flexibility index (Phi) is 6.74. The summed E-state index contributed by atoms with van der Waals surface area (Å²) in [4.78, 5) is 31.1. The second kappa shape index (κ2) is 9.85. The van der Waals surface area contributed by atoms with Gasteiger partial charge in [-0.3, -0.25) is 9.59 Å². The number of likely N-dealkylation sites (tertiary alicyclic amines) is 1. The first kappa shape index (κ1) is 21.2. The Morgan fingerprint density at radius 1 is 1.19 bits per heavy atom. The van der Waals surface area contributed by atoms with Gasteiger partial charge in [-0.2, -0.15) is 0 Å². The van der Waals surface area contributed by atoms with Crippen LogP contribution in [0.1, 0.15) is 12.0 Å². The number of benzene rings is 2. The summed E-state index contributed by atoms with van der Waals surface area (Å²) in [6, 6.07) is 18.2. The molecule has 1 aliphatic rings. The van der Waals surface area contributed by atoms with Crippen molar-refractivity contribution in [3.63, 3.8) is 0 Å². The van der Waals surface area contributed by atoms with Crippen LogP contribution in [0.25, 0.3) is 21.8 Å². The van der Waals surface area contributed by atoms with E-state index in [1.807, 2.05) is 36.4 Å². The number of aromatic nitrogens is 1.